The third-order valence-electron chi connectivity index (χ3n) is 3.06. The van der Waals surface area contributed by atoms with Gasteiger partial charge in [0.25, 0.3) is 5.91 Å². The lowest BCUT2D eigenvalue weighted by atomic mass is 10.2. The minimum Gasteiger partial charge on any atom is -0.350 e. The lowest BCUT2D eigenvalue weighted by Crippen LogP contribution is -2.38. The predicted octanol–water partition coefficient (Wildman–Crippen LogP) is 1.78. The molecule has 0 aliphatic heterocycles. The Morgan fingerprint density at radius 3 is 3.06 bits per heavy atom. The van der Waals surface area contributed by atoms with Crippen LogP contribution in [-0.4, -0.2) is 18.5 Å². The number of nitrogens with one attached hydrogen (secondary N) is 1. The van der Waals surface area contributed by atoms with Crippen molar-refractivity contribution in [3.8, 4) is 0 Å². The Kier molecular flexibility index (Phi) is 3.61. The normalized spacial score (nSPS) is 17.1. The molecule has 1 aliphatic rings. The number of hydrogen-bond acceptors (Lipinski definition) is 3. The molecular weight excluding hydrogens is 220 g/mol. The van der Waals surface area contributed by atoms with Gasteiger partial charge < -0.3 is 11.1 Å². The Morgan fingerprint density at radius 1 is 1.69 bits per heavy atom. The summed E-state index contributed by atoms with van der Waals surface area (Å²) in [6, 6.07) is 2.15. The van der Waals surface area contributed by atoms with Crippen LogP contribution in [0, 0.1) is 5.92 Å². The molecule has 88 valence electrons. The van der Waals surface area contributed by atoms with E-state index in [4.69, 9.17) is 5.73 Å². The maximum Gasteiger partial charge on any atom is 0.261 e. The SMILES string of the molecule is CCc1ccsc1C(=O)NCC(N)C1CC1. The average Bonchev–Trinajstić information content (AvgIpc) is 3.03. The summed E-state index contributed by atoms with van der Waals surface area (Å²) in [6.45, 7) is 2.67. The van der Waals surface area contributed by atoms with Gasteiger partial charge in [-0.2, -0.15) is 0 Å². The number of nitrogens with two attached hydrogens (primary N) is 1. The summed E-state index contributed by atoms with van der Waals surface area (Å²) in [5, 5.41) is 4.89. The van der Waals surface area contributed by atoms with E-state index in [2.05, 4.69) is 12.2 Å². The number of rotatable bonds is 5. The second-order valence-electron chi connectivity index (χ2n) is 4.34. The van der Waals surface area contributed by atoms with Crippen molar-refractivity contribution in [1.82, 2.24) is 5.32 Å². The predicted molar refractivity (Wildman–Crippen MR) is 66.7 cm³/mol. The summed E-state index contributed by atoms with van der Waals surface area (Å²) in [5.74, 6) is 0.664. The Labute approximate surface area is 100 Å². The van der Waals surface area contributed by atoms with Gasteiger partial charge in [0, 0.05) is 12.6 Å². The van der Waals surface area contributed by atoms with Crippen molar-refractivity contribution in [3.05, 3.63) is 21.9 Å². The molecule has 1 aromatic heterocycles. The van der Waals surface area contributed by atoms with E-state index in [9.17, 15) is 4.79 Å². The molecule has 0 spiro atoms. The Balaban J connectivity index is 1.87. The van der Waals surface area contributed by atoms with Gasteiger partial charge in [-0.05, 0) is 42.2 Å². The number of amides is 1. The fourth-order valence-electron chi connectivity index (χ4n) is 1.80. The Bertz CT molecular complexity index is 371. The average molecular weight is 238 g/mol. The Morgan fingerprint density at radius 2 is 2.44 bits per heavy atom. The van der Waals surface area contributed by atoms with Crippen LogP contribution in [0.5, 0.6) is 0 Å². The van der Waals surface area contributed by atoms with Crippen LogP contribution < -0.4 is 11.1 Å². The number of carbonyl (C=O) groups is 1. The summed E-state index contributed by atoms with van der Waals surface area (Å²) in [7, 11) is 0. The fraction of sp³-hybridized carbons (Fsp3) is 0.583. The van der Waals surface area contributed by atoms with E-state index in [1.807, 2.05) is 11.4 Å². The van der Waals surface area contributed by atoms with E-state index < -0.39 is 0 Å². The fourth-order valence-corrected chi connectivity index (χ4v) is 2.71. The quantitative estimate of drug-likeness (QED) is 0.821. The molecule has 1 amide bonds. The molecule has 1 aliphatic carbocycles. The first kappa shape index (κ1) is 11.6. The van der Waals surface area contributed by atoms with Crippen molar-refractivity contribution in [2.45, 2.75) is 32.2 Å². The number of carbonyl (C=O) groups excluding carboxylic acids is 1. The first-order valence-corrected chi connectivity index (χ1v) is 6.70. The van der Waals surface area contributed by atoms with Crippen LogP contribution in [0.15, 0.2) is 11.4 Å². The van der Waals surface area contributed by atoms with Crippen LogP contribution in [0.2, 0.25) is 0 Å². The van der Waals surface area contributed by atoms with E-state index >= 15 is 0 Å². The second kappa shape index (κ2) is 4.97. The van der Waals surface area contributed by atoms with Gasteiger partial charge in [0.2, 0.25) is 0 Å². The molecule has 4 heteroatoms. The molecule has 1 saturated carbocycles. The van der Waals surface area contributed by atoms with Crippen molar-refractivity contribution < 1.29 is 4.79 Å². The lowest BCUT2D eigenvalue weighted by molar-refractivity contribution is 0.0953. The zero-order chi connectivity index (χ0) is 11.5. The standard InChI is InChI=1S/C12H18N2OS/c1-2-8-5-6-16-11(8)12(15)14-7-10(13)9-3-4-9/h5-6,9-10H,2-4,7,13H2,1H3,(H,14,15). The highest BCUT2D eigenvalue weighted by atomic mass is 32.1. The summed E-state index contributed by atoms with van der Waals surface area (Å²) in [4.78, 5) is 12.7. The zero-order valence-corrected chi connectivity index (χ0v) is 10.3. The smallest absolute Gasteiger partial charge is 0.261 e. The Hall–Kier alpha value is -0.870. The summed E-state index contributed by atoms with van der Waals surface area (Å²) in [5.41, 5.74) is 7.07. The van der Waals surface area contributed by atoms with Crippen LogP contribution in [0.3, 0.4) is 0 Å². The molecule has 1 atom stereocenters. The highest BCUT2D eigenvalue weighted by Crippen LogP contribution is 2.31. The lowest BCUT2D eigenvalue weighted by Gasteiger charge is -2.11. The second-order valence-corrected chi connectivity index (χ2v) is 5.26. The van der Waals surface area contributed by atoms with Gasteiger partial charge in [0.1, 0.15) is 0 Å². The molecule has 1 heterocycles. The van der Waals surface area contributed by atoms with Gasteiger partial charge >= 0.3 is 0 Å². The van der Waals surface area contributed by atoms with Gasteiger partial charge in [-0.1, -0.05) is 6.92 Å². The van der Waals surface area contributed by atoms with Crippen LogP contribution in [0.1, 0.15) is 35.0 Å². The van der Waals surface area contributed by atoms with Crippen molar-refractivity contribution in [1.29, 1.82) is 0 Å². The van der Waals surface area contributed by atoms with E-state index in [0.717, 1.165) is 16.9 Å². The van der Waals surface area contributed by atoms with Gasteiger partial charge in [0.05, 0.1) is 4.88 Å². The first-order valence-electron chi connectivity index (χ1n) is 5.82. The van der Waals surface area contributed by atoms with Gasteiger partial charge in [0.15, 0.2) is 0 Å². The number of hydrogen-bond donors (Lipinski definition) is 2. The first-order chi connectivity index (χ1) is 7.72. The van der Waals surface area contributed by atoms with Crippen LogP contribution in [0.25, 0.3) is 0 Å². The van der Waals surface area contributed by atoms with Crippen molar-refractivity contribution in [3.63, 3.8) is 0 Å². The maximum absolute atomic E-state index is 11.9. The third-order valence-corrected chi connectivity index (χ3v) is 4.02. The van der Waals surface area contributed by atoms with E-state index in [-0.39, 0.29) is 11.9 Å². The summed E-state index contributed by atoms with van der Waals surface area (Å²) in [6.07, 6.45) is 3.34. The molecule has 1 aromatic rings. The highest BCUT2D eigenvalue weighted by Gasteiger charge is 2.28. The molecule has 0 aromatic carbocycles. The number of aryl methyl sites for hydroxylation is 1. The van der Waals surface area contributed by atoms with Crippen molar-refractivity contribution in [2.24, 2.45) is 11.7 Å². The van der Waals surface area contributed by atoms with Crippen molar-refractivity contribution in [2.75, 3.05) is 6.54 Å². The molecule has 1 unspecified atom stereocenters. The molecule has 3 nitrogen and oxygen atoms in total. The molecular formula is C12H18N2OS. The topological polar surface area (TPSA) is 55.1 Å². The molecule has 2 rings (SSSR count). The summed E-state index contributed by atoms with van der Waals surface area (Å²) >= 11 is 1.51. The van der Waals surface area contributed by atoms with Gasteiger partial charge in [-0.3, -0.25) is 4.79 Å². The molecule has 0 radical (unpaired) electrons. The van der Waals surface area contributed by atoms with Crippen molar-refractivity contribution >= 4 is 17.2 Å². The van der Waals surface area contributed by atoms with E-state index in [0.29, 0.717) is 12.5 Å². The molecule has 0 bridgehead atoms. The molecule has 16 heavy (non-hydrogen) atoms. The maximum atomic E-state index is 11.9. The minimum atomic E-state index is 0.0305. The monoisotopic (exact) mass is 238 g/mol. The van der Waals surface area contributed by atoms with Gasteiger partial charge in [-0.25, -0.2) is 0 Å². The molecule has 3 N–H and O–H groups in total. The van der Waals surface area contributed by atoms with Crippen LogP contribution in [-0.2, 0) is 6.42 Å². The van der Waals surface area contributed by atoms with E-state index in [1.165, 1.54) is 24.2 Å². The largest absolute Gasteiger partial charge is 0.350 e. The highest BCUT2D eigenvalue weighted by molar-refractivity contribution is 7.12. The number of thiophene rings is 1. The zero-order valence-electron chi connectivity index (χ0n) is 9.53. The van der Waals surface area contributed by atoms with Gasteiger partial charge in [-0.15, -0.1) is 11.3 Å². The molecule has 0 saturated heterocycles. The van der Waals surface area contributed by atoms with Crippen LogP contribution in [0.4, 0.5) is 0 Å². The third kappa shape index (κ3) is 2.62. The summed E-state index contributed by atoms with van der Waals surface area (Å²) < 4.78 is 0. The van der Waals surface area contributed by atoms with E-state index in [1.54, 1.807) is 0 Å². The molecule has 1 fully saturated rings. The van der Waals surface area contributed by atoms with Crippen LogP contribution >= 0.6 is 11.3 Å². The minimum absolute atomic E-state index is 0.0305.